The van der Waals surface area contributed by atoms with Gasteiger partial charge >= 0.3 is 0 Å². The van der Waals surface area contributed by atoms with E-state index in [1.807, 2.05) is 7.05 Å². The molecule has 31 heavy (non-hydrogen) atoms. The lowest BCUT2D eigenvalue weighted by Crippen LogP contribution is -2.69. The lowest BCUT2D eigenvalue weighted by molar-refractivity contribution is -0.125. The predicted molar refractivity (Wildman–Crippen MR) is 124 cm³/mol. The predicted octanol–water partition coefficient (Wildman–Crippen LogP) is 3.69. The molecule has 1 spiro atoms. The number of fused-ring (bicyclic) bond motifs is 4. The molecule has 3 heterocycles. The molecule has 5 nitrogen and oxygen atoms in total. The van der Waals surface area contributed by atoms with Gasteiger partial charge in [0.15, 0.2) is 5.96 Å². The van der Waals surface area contributed by atoms with Crippen molar-refractivity contribution < 1.29 is 4.74 Å². The van der Waals surface area contributed by atoms with Crippen LogP contribution in [-0.4, -0.2) is 54.8 Å². The van der Waals surface area contributed by atoms with E-state index >= 15 is 0 Å². The van der Waals surface area contributed by atoms with Gasteiger partial charge in [-0.2, -0.15) is 0 Å². The maximum Gasteiger partial charge on any atom is 0.191 e. The lowest BCUT2D eigenvalue weighted by Gasteiger charge is -2.57. The van der Waals surface area contributed by atoms with E-state index in [9.17, 15) is 0 Å². The average molecular weight is 423 g/mol. The molecular weight excluding hydrogens is 384 g/mol. The smallest absolute Gasteiger partial charge is 0.191 e. The Labute approximate surface area is 187 Å². The van der Waals surface area contributed by atoms with Crippen LogP contribution in [-0.2, 0) is 11.3 Å². The average Bonchev–Trinajstić information content (AvgIpc) is 3.50. The van der Waals surface area contributed by atoms with E-state index in [0.717, 1.165) is 19.1 Å². The third kappa shape index (κ3) is 3.39. The highest BCUT2D eigenvalue weighted by atomic mass is 16.5. The first-order chi connectivity index (χ1) is 15.3. The van der Waals surface area contributed by atoms with Gasteiger partial charge in [0.05, 0.1) is 6.10 Å². The van der Waals surface area contributed by atoms with Crippen LogP contribution in [0.5, 0.6) is 0 Å². The molecule has 2 bridgehead atoms. The molecule has 5 atom stereocenters. The second-order valence-electron chi connectivity index (χ2n) is 10.7. The molecule has 1 aromatic carbocycles. The number of piperidine rings is 1. The minimum Gasteiger partial charge on any atom is -0.377 e. The third-order valence-electron chi connectivity index (χ3n) is 9.24. The monoisotopic (exact) mass is 422 g/mol. The van der Waals surface area contributed by atoms with Crippen molar-refractivity contribution in [3.05, 3.63) is 35.9 Å². The number of rotatable bonds is 4. The summed E-state index contributed by atoms with van der Waals surface area (Å²) in [6.07, 6.45) is 12.2. The van der Waals surface area contributed by atoms with Crippen LogP contribution in [0, 0.1) is 11.3 Å². The first-order valence-corrected chi connectivity index (χ1v) is 12.7. The maximum atomic E-state index is 6.18. The molecule has 5 heteroatoms. The molecule has 0 amide bonds. The normalized spacial score (nSPS) is 38.8. The van der Waals surface area contributed by atoms with Crippen LogP contribution < -0.4 is 10.6 Å². The van der Waals surface area contributed by atoms with Gasteiger partial charge in [-0.15, -0.1) is 0 Å². The van der Waals surface area contributed by atoms with Gasteiger partial charge in [-0.1, -0.05) is 43.2 Å². The van der Waals surface area contributed by atoms with Crippen molar-refractivity contribution in [2.45, 2.75) is 94.6 Å². The van der Waals surface area contributed by atoms with Crippen LogP contribution in [0.25, 0.3) is 0 Å². The second-order valence-corrected chi connectivity index (χ2v) is 10.7. The molecule has 3 aliphatic heterocycles. The highest BCUT2D eigenvalue weighted by molar-refractivity contribution is 5.80. The van der Waals surface area contributed by atoms with Gasteiger partial charge in [0.25, 0.3) is 0 Å². The highest BCUT2D eigenvalue weighted by Gasteiger charge is 2.65. The highest BCUT2D eigenvalue weighted by Crippen LogP contribution is 2.60. The number of ether oxygens (including phenoxy) is 1. The van der Waals surface area contributed by atoms with Gasteiger partial charge in [0.1, 0.15) is 0 Å². The summed E-state index contributed by atoms with van der Waals surface area (Å²) in [5, 5.41) is 7.75. The van der Waals surface area contributed by atoms with E-state index in [-0.39, 0.29) is 0 Å². The number of aliphatic imine (C=N–C) groups is 1. The molecule has 5 fully saturated rings. The van der Waals surface area contributed by atoms with Gasteiger partial charge < -0.3 is 15.4 Å². The van der Waals surface area contributed by atoms with Crippen molar-refractivity contribution in [2.75, 3.05) is 13.7 Å². The molecule has 5 unspecified atom stereocenters. The molecule has 0 aromatic heterocycles. The number of nitrogens with zero attached hydrogens (tertiary/aromatic N) is 2. The molecule has 168 valence electrons. The second kappa shape index (κ2) is 8.08. The topological polar surface area (TPSA) is 48.9 Å². The lowest BCUT2D eigenvalue weighted by atomic mass is 9.54. The largest absolute Gasteiger partial charge is 0.377 e. The Kier molecular flexibility index (Phi) is 5.22. The van der Waals surface area contributed by atoms with Crippen molar-refractivity contribution in [2.24, 2.45) is 16.3 Å². The molecule has 2 saturated carbocycles. The molecule has 2 N–H and O–H groups in total. The maximum absolute atomic E-state index is 6.18. The Morgan fingerprint density at radius 2 is 1.81 bits per heavy atom. The Morgan fingerprint density at radius 3 is 2.52 bits per heavy atom. The summed E-state index contributed by atoms with van der Waals surface area (Å²) in [4.78, 5) is 7.44. The van der Waals surface area contributed by atoms with Crippen LogP contribution in [0.15, 0.2) is 35.3 Å². The van der Waals surface area contributed by atoms with Crippen LogP contribution in [0.1, 0.15) is 63.4 Å². The molecule has 2 aliphatic carbocycles. The van der Waals surface area contributed by atoms with E-state index in [0.29, 0.717) is 41.6 Å². The summed E-state index contributed by atoms with van der Waals surface area (Å²) in [7, 11) is 1.94. The first kappa shape index (κ1) is 20.0. The summed E-state index contributed by atoms with van der Waals surface area (Å²) < 4.78 is 6.18. The van der Waals surface area contributed by atoms with E-state index in [4.69, 9.17) is 4.74 Å². The van der Waals surface area contributed by atoms with Crippen LogP contribution in [0.3, 0.4) is 0 Å². The van der Waals surface area contributed by atoms with Crippen LogP contribution in [0.4, 0.5) is 0 Å². The molecule has 0 radical (unpaired) electrons. The standard InChI is InChI=1S/C26H38N4O/c1-27-25(29-23-22-11-14-31-24(22)26(23)12-5-6-13-26)28-19-15-20-9-10-21(16-19)30(20)17-18-7-3-2-4-8-18/h2-4,7-8,19-24H,5-6,9-17H2,1H3,(H2,27,28,29). The van der Waals surface area contributed by atoms with Gasteiger partial charge in [0.2, 0.25) is 0 Å². The fourth-order valence-corrected chi connectivity index (χ4v) is 7.86. The number of nitrogens with one attached hydrogen (secondary N) is 2. The van der Waals surface area contributed by atoms with Crippen molar-refractivity contribution in [1.29, 1.82) is 0 Å². The van der Waals surface area contributed by atoms with Crippen molar-refractivity contribution >= 4 is 5.96 Å². The molecule has 5 aliphatic rings. The molecule has 3 saturated heterocycles. The third-order valence-corrected chi connectivity index (χ3v) is 9.24. The Balaban J connectivity index is 1.09. The summed E-state index contributed by atoms with van der Waals surface area (Å²) in [6.45, 7) is 2.05. The van der Waals surface area contributed by atoms with E-state index in [1.165, 1.54) is 63.4 Å². The van der Waals surface area contributed by atoms with E-state index < -0.39 is 0 Å². The minimum atomic E-state index is 0.372. The number of guanidine groups is 1. The van der Waals surface area contributed by atoms with Gasteiger partial charge in [-0.05, 0) is 50.5 Å². The Hall–Kier alpha value is -1.59. The van der Waals surface area contributed by atoms with Crippen molar-refractivity contribution in [3.63, 3.8) is 0 Å². The van der Waals surface area contributed by atoms with Crippen LogP contribution >= 0.6 is 0 Å². The van der Waals surface area contributed by atoms with Crippen LogP contribution in [0.2, 0.25) is 0 Å². The summed E-state index contributed by atoms with van der Waals surface area (Å²) >= 11 is 0. The number of hydrogen-bond acceptors (Lipinski definition) is 3. The number of benzene rings is 1. The quantitative estimate of drug-likeness (QED) is 0.574. The fourth-order valence-electron chi connectivity index (χ4n) is 7.86. The Bertz CT molecular complexity index is 791. The number of hydrogen-bond donors (Lipinski definition) is 2. The van der Waals surface area contributed by atoms with Crippen molar-refractivity contribution in [3.8, 4) is 0 Å². The van der Waals surface area contributed by atoms with Gasteiger partial charge in [0, 0.05) is 55.7 Å². The minimum absolute atomic E-state index is 0.372. The fraction of sp³-hybridized carbons (Fsp3) is 0.731. The summed E-state index contributed by atoms with van der Waals surface area (Å²) in [6, 6.07) is 13.5. The zero-order chi connectivity index (χ0) is 20.8. The Morgan fingerprint density at radius 1 is 1.06 bits per heavy atom. The first-order valence-electron chi connectivity index (χ1n) is 12.7. The zero-order valence-electron chi connectivity index (χ0n) is 18.9. The van der Waals surface area contributed by atoms with Crippen molar-refractivity contribution in [1.82, 2.24) is 15.5 Å². The molecular formula is C26H38N4O. The molecule has 6 rings (SSSR count). The van der Waals surface area contributed by atoms with E-state index in [2.05, 4.69) is 50.9 Å². The SMILES string of the molecule is CN=C(NC1CC2CCC(C1)N2Cc1ccccc1)NC1C2CCOC2C12CCCC2. The van der Waals surface area contributed by atoms with Gasteiger partial charge in [-0.3, -0.25) is 9.89 Å². The van der Waals surface area contributed by atoms with Gasteiger partial charge in [-0.25, -0.2) is 0 Å². The summed E-state index contributed by atoms with van der Waals surface area (Å²) in [5.74, 6) is 1.71. The van der Waals surface area contributed by atoms with E-state index in [1.54, 1.807) is 0 Å². The molecule has 1 aromatic rings. The summed E-state index contributed by atoms with van der Waals surface area (Å²) in [5.41, 5.74) is 1.82. The zero-order valence-corrected chi connectivity index (χ0v) is 18.9.